The van der Waals surface area contributed by atoms with Crippen LogP contribution in [0.25, 0.3) is 0 Å². The van der Waals surface area contributed by atoms with Crippen LogP contribution in [0, 0.1) is 0 Å². The summed E-state index contributed by atoms with van der Waals surface area (Å²) in [5.74, 6) is 0. The monoisotopic (exact) mass is 244 g/mol. The Balaban J connectivity index is 3.52. The molecule has 0 saturated heterocycles. The SMILES string of the molecule is CCCCCN(C)CCNC(=O)OC(C)(C)C. The summed E-state index contributed by atoms with van der Waals surface area (Å²) in [4.78, 5) is 13.6. The van der Waals surface area contributed by atoms with Crippen molar-refractivity contribution in [3.8, 4) is 0 Å². The fourth-order valence-electron chi connectivity index (χ4n) is 1.41. The first kappa shape index (κ1) is 16.2. The quantitative estimate of drug-likeness (QED) is 0.700. The Morgan fingerprint density at radius 3 is 2.41 bits per heavy atom. The first-order valence-corrected chi connectivity index (χ1v) is 6.50. The van der Waals surface area contributed by atoms with Gasteiger partial charge in [0.25, 0.3) is 0 Å². The highest BCUT2D eigenvalue weighted by Crippen LogP contribution is 2.06. The van der Waals surface area contributed by atoms with Crippen LogP contribution in [0.5, 0.6) is 0 Å². The van der Waals surface area contributed by atoms with Crippen molar-refractivity contribution in [1.82, 2.24) is 10.2 Å². The zero-order chi connectivity index (χ0) is 13.3. The molecule has 0 fully saturated rings. The highest BCUT2D eigenvalue weighted by atomic mass is 16.6. The van der Waals surface area contributed by atoms with E-state index in [0.29, 0.717) is 6.54 Å². The van der Waals surface area contributed by atoms with Gasteiger partial charge in [-0.3, -0.25) is 0 Å². The average Bonchev–Trinajstić information content (AvgIpc) is 2.15. The number of amides is 1. The van der Waals surface area contributed by atoms with Gasteiger partial charge in [-0.05, 0) is 40.8 Å². The lowest BCUT2D eigenvalue weighted by atomic mass is 10.2. The summed E-state index contributed by atoms with van der Waals surface area (Å²) < 4.78 is 5.15. The van der Waals surface area contributed by atoms with E-state index in [0.717, 1.165) is 13.1 Å². The van der Waals surface area contributed by atoms with Crippen LogP contribution in [-0.4, -0.2) is 43.3 Å². The van der Waals surface area contributed by atoms with Crippen molar-refractivity contribution in [2.45, 2.75) is 52.6 Å². The summed E-state index contributed by atoms with van der Waals surface area (Å²) in [6, 6.07) is 0. The molecule has 0 atom stereocenters. The van der Waals surface area contributed by atoms with Crippen molar-refractivity contribution in [2.75, 3.05) is 26.7 Å². The van der Waals surface area contributed by atoms with Crippen LogP contribution in [0.2, 0.25) is 0 Å². The topological polar surface area (TPSA) is 41.6 Å². The number of rotatable bonds is 7. The second-order valence-corrected chi connectivity index (χ2v) is 5.44. The van der Waals surface area contributed by atoms with Crippen molar-refractivity contribution in [1.29, 1.82) is 0 Å². The van der Waals surface area contributed by atoms with E-state index in [1.54, 1.807) is 0 Å². The Kier molecular flexibility index (Phi) is 7.96. The van der Waals surface area contributed by atoms with E-state index >= 15 is 0 Å². The number of carbonyl (C=O) groups is 1. The lowest BCUT2D eigenvalue weighted by Crippen LogP contribution is -2.37. The van der Waals surface area contributed by atoms with Crippen LogP contribution >= 0.6 is 0 Å². The van der Waals surface area contributed by atoms with E-state index in [9.17, 15) is 4.79 Å². The predicted octanol–water partition coefficient (Wildman–Crippen LogP) is 2.63. The van der Waals surface area contributed by atoms with Gasteiger partial charge in [0.05, 0.1) is 0 Å². The summed E-state index contributed by atoms with van der Waals surface area (Å²) in [6.45, 7) is 10.4. The zero-order valence-corrected chi connectivity index (χ0v) is 12.0. The van der Waals surface area contributed by atoms with Crippen LogP contribution in [0.1, 0.15) is 47.0 Å². The molecule has 0 aliphatic heterocycles. The largest absolute Gasteiger partial charge is 0.444 e. The second-order valence-electron chi connectivity index (χ2n) is 5.44. The molecule has 0 aliphatic carbocycles. The van der Waals surface area contributed by atoms with Gasteiger partial charge in [0.1, 0.15) is 5.60 Å². The molecule has 0 aliphatic rings. The summed E-state index contributed by atoms with van der Waals surface area (Å²) in [6.07, 6.45) is 3.40. The molecule has 0 aromatic rings. The van der Waals surface area contributed by atoms with Crippen molar-refractivity contribution >= 4 is 6.09 Å². The van der Waals surface area contributed by atoms with Gasteiger partial charge in [0, 0.05) is 13.1 Å². The Labute approximate surface area is 106 Å². The maximum Gasteiger partial charge on any atom is 0.407 e. The molecule has 4 nitrogen and oxygen atoms in total. The maximum absolute atomic E-state index is 11.3. The molecular formula is C13H28N2O2. The molecule has 0 radical (unpaired) electrons. The number of carbonyl (C=O) groups excluding carboxylic acids is 1. The van der Waals surface area contributed by atoms with Crippen LogP contribution in [0.4, 0.5) is 4.79 Å². The molecule has 1 N–H and O–H groups in total. The number of unbranched alkanes of at least 4 members (excludes halogenated alkanes) is 2. The predicted molar refractivity (Wildman–Crippen MR) is 71.3 cm³/mol. The number of nitrogens with zero attached hydrogens (tertiary/aromatic N) is 1. The standard InChI is InChI=1S/C13H28N2O2/c1-6-7-8-10-15(5)11-9-14-12(16)17-13(2,3)4/h6-11H2,1-5H3,(H,14,16). The normalized spacial score (nSPS) is 11.6. The second kappa shape index (κ2) is 8.34. The minimum atomic E-state index is -0.420. The van der Waals surface area contributed by atoms with Gasteiger partial charge in [0.15, 0.2) is 0 Å². The molecule has 0 heterocycles. The molecule has 102 valence electrons. The van der Waals surface area contributed by atoms with Gasteiger partial charge in [-0.2, -0.15) is 0 Å². The summed E-state index contributed by atoms with van der Waals surface area (Å²) >= 11 is 0. The molecule has 4 heteroatoms. The number of ether oxygens (including phenoxy) is 1. The van der Waals surface area contributed by atoms with Gasteiger partial charge < -0.3 is 15.0 Å². The molecule has 0 aromatic carbocycles. The van der Waals surface area contributed by atoms with Crippen LogP contribution in [0.15, 0.2) is 0 Å². The third-order valence-corrected chi connectivity index (χ3v) is 2.31. The third kappa shape index (κ3) is 11.5. The number of hydrogen-bond donors (Lipinski definition) is 1. The summed E-state index contributed by atoms with van der Waals surface area (Å²) in [5, 5.41) is 2.76. The first-order valence-electron chi connectivity index (χ1n) is 6.50. The molecular weight excluding hydrogens is 216 g/mol. The zero-order valence-electron chi connectivity index (χ0n) is 12.0. The minimum absolute atomic E-state index is 0.334. The van der Waals surface area contributed by atoms with Crippen LogP contribution in [-0.2, 0) is 4.74 Å². The molecule has 0 unspecified atom stereocenters. The summed E-state index contributed by atoms with van der Waals surface area (Å²) in [5.41, 5.74) is -0.420. The van der Waals surface area contributed by atoms with E-state index in [2.05, 4.69) is 24.2 Å². The lowest BCUT2D eigenvalue weighted by Gasteiger charge is -2.21. The number of hydrogen-bond acceptors (Lipinski definition) is 3. The molecule has 0 rings (SSSR count). The highest BCUT2D eigenvalue weighted by molar-refractivity contribution is 5.67. The van der Waals surface area contributed by atoms with Gasteiger partial charge in [-0.15, -0.1) is 0 Å². The van der Waals surface area contributed by atoms with Crippen molar-refractivity contribution in [3.05, 3.63) is 0 Å². The smallest absolute Gasteiger partial charge is 0.407 e. The Hall–Kier alpha value is -0.770. The third-order valence-electron chi connectivity index (χ3n) is 2.31. The summed E-state index contributed by atoms with van der Waals surface area (Å²) in [7, 11) is 2.08. The fraction of sp³-hybridized carbons (Fsp3) is 0.923. The molecule has 0 saturated carbocycles. The minimum Gasteiger partial charge on any atom is -0.444 e. The van der Waals surface area contributed by atoms with E-state index in [4.69, 9.17) is 4.74 Å². The van der Waals surface area contributed by atoms with Crippen molar-refractivity contribution in [3.63, 3.8) is 0 Å². The molecule has 0 spiro atoms. The fourth-order valence-corrected chi connectivity index (χ4v) is 1.41. The van der Waals surface area contributed by atoms with E-state index in [-0.39, 0.29) is 6.09 Å². The van der Waals surface area contributed by atoms with E-state index < -0.39 is 5.60 Å². The average molecular weight is 244 g/mol. The van der Waals surface area contributed by atoms with Crippen molar-refractivity contribution in [2.24, 2.45) is 0 Å². The molecule has 17 heavy (non-hydrogen) atoms. The first-order chi connectivity index (χ1) is 7.85. The number of alkyl carbamates (subject to hydrolysis) is 1. The van der Waals surface area contributed by atoms with Gasteiger partial charge in [-0.1, -0.05) is 19.8 Å². The van der Waals surface area contributed by atoms with Crippen LogP contribution in [0.3, 0.4) is 0 Å². The van der Waals surface area contributed by atoms with E-state index in [1.807, 2.05) is 20.8 Å². The Morgan fingerprint density at radius 1 is 1.24 bits per heavy atom. The Morgan fingerprint density at radius 2 is 1.88 bits per heavy atom. The maximum atomic E-state index is 11.3. The highest BCUT2D eigenvalue weighted by Gasteiger charge is 2.15. The van der Waals surface area contributed by atoms with Gasteiger partial charge >= 0.3 is 6.09 Å². The molecule has 1 amide bonds. The number of nitrogens with one attached hydrogen (secondary N) is 1. The van der Waals surface area contributed by atoms with E-state index in [1.165, 1.54) is 19.3 Å². The van der Waals surface area contributed by atoms with Crippen molar-refractivity contribution < 1.29 is 9.53 Å². The van der Waals surface area contributed by atoms with Crippen LogP contribution < -0.4 is 5.32 Å². The molecule has 0 bridgehead atoms. The van der Waals surface area contributed by atoms with Gasteiger partial charge in [-0.25, -0.2) is 4.79 Å². The molecule has 0 aromatic heterocycles. The lowest BCUT2D eigenvalue weighted by molar-refractivity contribution is 0.0523. The van der Waals surface area contributed by atoms with Gasteiger partial charge in [0.2, 0.25) is 0 Å². The Bertz CT molecular complexity index is 212. The number of likely N-dealkylation sites (N-methyl/N-ethyl adjacent to an activating group) is 1.